The fourth-order valence-electron chi connectivity index (χ4n) is 2.10. The summed E-state index contributed by atoms with van der Waals surface area (Å²) in [7, 11) is 3.08. The fraction of sp³-hybridized carbons (Fsp3) is 0.429. The van der Waals surface area contributed by atoms with Crippen molar-refractivity contribution in [3.63, 3.8) is 0 Å². The number of benzene rings is 1. The van der Waals surface area contributed by atoms with Gasteiger partial charge in [-0.25, -0.2) is 4.68 Å². The first-order valence-corrected chi connectivity index (χ1v) is 6.68. The molecule has 0 spiro atoms. The average molecular weight is 309 g/mol. The molecule has 0 saturated carbocycles. The molecule has 1 atom stereocenters. The Hall–Kier alpha value is -2.16. The second kappa shape index (κ2) is 7.21. The molecule has 120 valence electrons. The van der Waals surface area contributed by atoms with Crippen LogP contribution < -0.4 is 9.47 Å². The van der Waals surface area contributed by atoms with E-state index in [4.69, 9.17) is 14.6 Å². The van der Waals surface area contributed by atoms with Crippen molar-refractivity contribution in [1.29, 1.82) is 0 Å². The lowest BCUT2D eigenvalue weighted by Gasteiger charge is -2.13. The lowest BCUT2D eigenvalue weighted by atomic mass is 10.1. The van der Waals surface area contributed by atoms with Gasteiger partial charge >= 0.3 is 0 Å². The van der Waals surface area contributed by atoms with Crippen LogP contribution in [-0.2, 0) is 13.2 Å². The third-order valence-electron chi connectivity index (χ3n) is 3.17. The van der Waals surface area contributed by atoms with E-state index in [2.05, 4.69) is 10.3 Å². The monoisotopic (exact) mass is 309 g/mol. The SMILES string of the molecule is COc1cc(OC)cc(-c2c(CO)nnn2CC(O)CO)c1. The summed E-state index contributed by atoms with van der Waals surface area (Å²) in [6.07, 6.45) is -0.973. The zero-order chi connectivity index (χ0) is 16.1. The highest BCUT2D eigenvalue weighted by Gasteiger charge is 2.18. The molecular weight excluding hydrogens is 290 g/mol. The van der Waals surface area contributed by atoms with Gasteiger partial charge in [-0.3, -0.25) is 0 Å². The van der Waals surface area contributed by atoms with Crippen LogP contribution in [0.4, 0.5) is 0 Å². The Kier molecular flexibility index (Phi) is 5.31. The van der Waals surface area contributed by atoms with Gasteiger partial charge in [-0.1, -0.05) is 5.21 Å². The molecule has 1 heterocycles. The van der Waals surface area contributed by atoms with Crippen LogP contribution in [0.2, 0.25) is 0 Å². The second-order valence-corrected chi connectivity index (χ2v) is 4.66. The van der Waals surface area contributed by atoms with Gasteiger partial charge in [-0.15, -0.1) is 5.10 Å². The predicted molar refractivity (Wildman–Crippen MR) is 77.6 cm³/mol. The summed E-state index contributed by atoms with van der Waals surface area (Å²) in [5, 5.41) is 35.9. The van der Waals surface area contributed by atoms with Crippen molar-refractivity contribution >= 4 is 0 Å². The van der Waals surface area contributed by atoms with Crippen molar-refractivity contribution in [3.8, 4) is 22.8 Å². The Morgan fingerprint density at radius 3 is 2.27 bits per heavy atom. The van der Waals surface area contributed by atoms with E-state index >= 15 is 0 Å². The first kappa shape index (κ1) is 16.2. The Labute approximate surface area is 127 Å². The largest absolute Gasteiger partial charge is 0.497 e. The number of aliphatic hydroxyl groups excluding tert-OH is 3. The van der Waals surface area contributed by atoms with Crippen LogP contribution in [0.15, 0.2) is 18.2 Å². The molecule has 0 aliphatic rings. The zero-order valence-corrected chi connectivity index (χ0v) is 12.4. The first-order chi connectivity index (χ1) is 10.6. The number of rotatable bonds is 7. The molecule has 0 radical (unpaired) electrons. The highest BCUT2D eigenvalue weighted by atomic mass is 16.5. The van der Waals surface area contributed by atoms with E-state index in [1.54, 1.807) is 18.2 Å². The summed E-state index contributed by atoms with van der Waals surface area (Å²) in [5.41, 5.74) is 1.57. The molecule has 2 rings (SSSR count). The van der Waals surface area contributed by atoms with E-state index in [1.807, 2.05) is 0 Å². The quantitative estimate of drug-likeness (QED) is 0.650. The average Bonchev–Trinajstić information content (AvgIpc) is 2.96. The van der Waals surface area contributed by atoms with Crippen LogP contribution in [-0.4, -0.2) is 57.2 Å². The molecule has 22 heavy (non-hydrogen) atoms. The van der Waals surface area contributed by atoms with Gasteiger partial charge < -0.3 is 24.8 Å². The second-order valence-electron chi connectivity index (χ2n) is 4.66. The molecule has 1 aromatic carbocycles. The summed E-state index contributed by atoms with van der Waals surface area (Å²) in [6, 6.07) is 5.23. The summed E-state index contributed by atoms with van der Waals surface area (Å²) in [4.78, 5) is 0. The van der Waals surface area contributed by atoms with Crippen molar-refractivity contribution in [2.45, 2.75) is 19.3 Å². The topological polar surface area (TPSA) is 110 Å². The van der Waals surface area contributed by atoms with Gasteiger partial charge in [0.25, 0.3) is 0 Å². The summed E-state index contributed by atoms with van der Waals surface area (Å²) in [6.45, 7) is -0.641. The lowest BCUT2D eigenvalue weighted by Crippen LogP contribution is -2.21. The zero-order valence-electron chi connectivity index (χ0n) is 12.4. The Morgan fingerprint density at radius 1 is 1.14 bits per heavy atom. The molecule has 8 nitrogen and oxygen atoms in total. The van der Waals surface area contributed by atoms with Crippen LogP contribution in [0, 0.1) is 0 Å². The maximum absolute atomic E-state index is 9.62. The van der Waals surface area contributed by atoms with E-state index in [9.17, 15) is 10.2 Å². The third kappa shape index (κ3) is 3.35. The van der Waals surface area contributed by atoms with Crippen molar-refractivity contribution in [2.24, 2.45) is 0 Å². The van der Waals surface area contributed by atoms with Crippen molar-refractivity contribution in [2.75, 3.05) is 20.8 Å². The minimum absolute atomic E-state index is 0.0539. The number of ether oxygens (including phenoxy) is 2. The fourth-order valence-corrected chi connectivity index (χ4v) is 2.10. The molecule has 8 heteroatoms. The van der Waals surface area contributed by atoms with Gasteiger partial charge in [0.2, 0.25) is 0 Å². The predicted octanol–water partition coefficient (Wildman–Crippen LogP) is -0.192. The van der Waals surface area contributed by atoms with Crippen LogP contribution in [0.1, 0.15) is 5.69 Å². The van der Waals surface area contributed by atoms with Crippen LogP contribution in [0.25, 0.3) is 11.3 Å². The highest BCUT2D eigenvalue weighted by molar-refractivity contribution is 5.66. The van der Waals surface area contributed by atoms with Gasteiger partial charge in [0.15, 0.2) is 0 Å². The van der Waals surface area contributed by atoms with Crippen molar-refractivity contribution < 1.29 is 24.8 Å². The smallest absolute Gasteiger partial charge is 0.123 e. The highest BCUT2D eigenvalue weighted by Crippen LogP contribution is 2.31. The van der Waals surface area contributed by atoms with E-state index in [0.717, 1.165) is 0 Å². The van der Waals surface area contributed by atoms with E-state index in [0.29, 0.717) is 28.5 Å². The summed E-state index contributed by atoms with van der Waals surface area (Å²) in [5.74, 6) is 1.15. The maximum atomic E-state index is 9.62. The number of nitrogens with zero attached hydrogens (tertiary/aromatic N) is 3. The third-order valence-corrected chi connectivity index (χ3v) is 3.17. The Morgan fingerprint density at radius 2 is 1.77 bits per heavy atom. The molecule has 0 saturated heterocycles. The van der Waals surface area contributed by atoms with Crippen LogP contribution in [0.3, 0.4) is 0 Å². The molecule has 1 unspecified atom stereocenters. The summed E-state index contributed by atoms with van der Waals surface area (Å²) < 4.78 is 11.9. The van der Waals surface area contributed by atoms with Gasteiger partial charge in [0.05, 0.1) is 45.8 Å². The molecule has 0 fully saturated rings. The maximum Gasteiger partial charge on any atom is 0.123 e. The molecular formula is C14H19N3O5. The van der Waals surface area contributed by atoms with E-state index in [-0.39, 0.29) is 13.2 Å². The number of aromatic nitrogens is 3. The van der Waals surface area contributed by atoms with E-state index < -0.39 is 12.7 Å². The van der Waals surface area contributed by atoms with Crippen molar-refractivity contribution in [3.05, 3.63) is 23.9 Å². The Bertz CT molecular complexity index is 607. The molecule has 0 bridgehead atoms. The molecule has 0 aliphatic carbocycles. The number of methoxy groups -OCH3 is 2. The van der Waals surface area contributed by atoms with Crippen LogP contribution in [0.5, 0.6) is 11.5 Å². The van der Waals surface area contributed by atoms with Gasteiger partial charge in [-0.2, -0.15) is 0 Å². The molecule has 3 N–H and O–H groups in total. The molecule has 1 aromatic heterocycles. The number of hydrogen-bond donors (Lipinski definition) is 3. The summed E-state index contributed by atoms with van der Waals surface area (Å²) >= 11 is 0. The standard InChI is InChI=1S/C14H19N3O5/c1-21-11-3-9(4-12(5-11)22-2)14-13(8-19)15-16-17(14)6-10(20)7-18/h3-5,10,18-20H,6-8H2,1-2H3. The normalized spacial score (nSPS) is 12.2. The van der Waals surface area contributed by atoms with E-state index in [1.165, 1.54) is 18.9 Å². The minimum Gasteiger partial charge on any atom is -0.497 e. The molecule has 0 aliphatic heterocycles. The molecule has 0 amide bonds. The molecule has 2 aromatic rings. The van der Waals surface area contributed by atoms with Gasteiger partial charge in [-0.05, 0) is 12.1 Å². The van der Waals surface area contributed by atoms with Crippen molar-refractivity contribution in [1.82, 2.24) is 15.0 Å². The first-order valence-electron chi connectivity index (χ1n) is 6.68. The van der Waals surface area contributed by atoms with Crippen LogP contribution >= 0.6 is 0 Å². The number of aliphatic hydroxyl groups is 3. The van der Waals surface area contributed by atoms with Gasteiger partial charge in [0.1, 0.15) is 17.2 Å². The number of hydrogen-bond acceptors (Lipinski definition) is 7. The minimum atomic E-state index is -0.973. The van der Waals surface area contributed by atoms with Gasteiger partial charge in [0, 0.05) is 11.6 Å². The lowest BCUT2D eigenvalue weighted by molar-refractivity contribution is 0.0782. The Balaban J connectivity index is 2.52.